The first kappa shape index (κ1) is 31.2. The molecule has 54 heavy (non-hydrogen) atoms. The minimum absolute atomic E-state index is 0.0356. The Morgan fingerprint density at radius 1 is 0.537 bits per heavy atom. The van der Waals surface area contributed by atoms with Crippen LogP contribution in [0, 0.1) is 6.92 Å². The standard InChI is InChI=1S/C52H40N2/c1-33-11-10-12-35(29-33)34-19-23-38(24-20-34)53-48-17-8-5-14-42(48)44-30-36(21-27-50(44)53)37-22-28-51-45(31-37)43-15-6-9-18-49(43)54(51)39-25-26-41-40-13-4-7-16-46(40)52(2,3)47(41)32-39/h4-27,29-32,51H,28H2,1-3H3. The number of allylic oxidation sites excluding steroid dienone is 2. The van der Waals surface area contributed by atoms with Crippen LogP contribution in [0.3, 0.4) is 0 Å². The number of rotatable bonds is 4. The van der Waals surface area contributed by atoms with Crippen molar-refractivity contribution in [3.05, 3.63) is 198 Å². The van der Waals surface area contributed by atoms with Crippen LogP contribution >= 0.6 is 0 Å². The largest absolute Gasteiger partial charge is 0.333 e. The fourth-order valence-corrected chi connectivity index (χ4v) is 9.71. The van der Waals surface area contributed by atoms with Crippen LogP contribution in [0.15, 0.2) is 170 Å². The molecule has 0 N–H and O–H groups in total. The van der Waals surface area contributed by atoms with E-state index in [2.05, 4.69) is 200 Å². The molecular weight excluding hydrogens is 653 g/mol. The summed E-state index contributed by atoms with van der Waals surface area (Å²) in [4.78, 5) is 2.59. The fraction of sp³-hybridized carbons (Fsp3) is 0.115. The number of fused-ring (bicyclic) bond motifs is 9. The Morgan fingerprint density at radius 2 is 1.26 bits per heavy atom. The van der Waals surface area contributed by atoms with E-state index in [-0.39, 0.29) is 11.5 Å². The van der Waals surface area contributed by atoms with Gasteiger partial charge in [-0.05, 0) is 118 Å². The van der Waals surface area contributed by atoms with Crippen molar-refractivity contribution in [3.8, 4) is 27.9 Å². The first-order chi connectivity index (χ1) is 26.4. The molecule has 7 aromatic carbocycles. The Kier molecular flexibility index (Phi) is 6.67. The molecule has 0 amide bonds. The van der Waals surface area contributed by atoms with Gasteiger partial charge in [-0.2, -0.15) is 0 Å². The number of aromatic nitrogens is 1. The average molecular weight is 693 g/mol. The van der Waals surface area contributed by atoms with Crippen LogP contribution < -0.4 is 4.90 Å². The second-order valence-corrected chi connectivity index (χ2v) is 15.8. The highest BCUT2D eigenvalue weighted by atomic mass is 15.2. The molecule has 1 unspecified atom stereocenters. The van der Waals surface area contributed by atoms with E-state index < -0.39 is 0 Å². The van der Waals surface area contributed by atoms with E-state index in [9.17, 15) is 0 Å². The molecule has 8 aromatic rings. The van der Waals surface area contributed by atoms with E-state index in [4.69, 9.17) is 0 Å². The molecule has 2 aliphatic carbocycles. The zero-order valence-corrected chi connectivity index (χ0v) is 30.8. The van der Waals surface area contributed by atoms with Gasteiger partial charge in [0.2, 0.25) is 0 Å². The molecule has 11 rings (SSSR count). The molecule has 1 aliphatic heterocycles. The third-order valence-corrected chi connectivity index (χ3v) is 12.3. The Labute approximate surface area is 317 Å². The van der Waals surface area contributed by atoms with Gasteiger partial charge in [-0.15, -0.1) is 0 Å². The minimum atomic E-state index is -0.0356. The second kappa shape index (κ2) is 11.6. The summed E-state index contributed by atoms with van der Waals surface area (Å²) >= 11 is 0. The quantitative estimate of drug-likeness (QED) is 0.178. The Bertz CT molecular complexity index is 2900. The van der Waals surface area contributed by atoms with Crippen LogP contribution in [0.2, 0.25) is 0 Å². The van der Waals surface area contributed by atoms with E-state index in [1.54, 1.807) is 0 Å². The molecule has 0 saturated carbocycles. The van der Waals surface area contributed by atoms with Gasteiger partial charge in [-0.25, -0.2) is 0 Å². The molecule has 2 nitrogen and oxygen atoms in total. The fourth-order valence-electron chi connectivity index (χ4n) is 9.71. The van der Waals surface area contributed by atoms with Crippen LogP contribution in [0.4, 0.5) is 11.4 Å². The predicted molar refractivity (Wildman–Crippen MR) is 228 cm³/mol. The van der Waals surface area contributed by atoms with Gasteiger partial charge in [0.1, 0.15) is 0 Å². The Morgan fingerprint density at radius 3 is 2.13 bits per heavy atom. The van der Waals surface area contributed by atoms with Gasteiger partial charge in [0.15, 0.2) is 0 Å². The normalized spacial score (nSPS) is 16.5. The van der Waals surface area contributed by atoms with E-state index in [0.29, 0.717) is 0 Å². The van der Waals surface area contributed by atoms with Gasteiger partial charge in [-0.1, -0.05) is 135 Å². The second-order valence-electron chi connectivity index (χ2n) is 15.8. The topological polar surface area (TPSA) is 8.17 Å². The lowest BCUT2D eigenvalue weighted by atomic mass is 9.82. The lowest BCUT2D eigenvalue weighted by molar-refractivity contribution is 0.660. The summed E-state index contributed by atoms with van der Waals surface area (Å²) < 4.78 is 2.42. The molecule has 0 fully saturated rings. The van der Waals surface area contributed by atoms with E-state index >= 15 is 0 Å². The van der Waals surface area contributed by atoms with Crippen molar-refractivity contribution in [3.63, 3.8) is 0 Å². The van der Waals surface area contributed by atoms with Gasteiger partial charge in [0, 0.05) is 38.8 Å². The molecule has 1 atom stereocenters. The Hall–Kier alpha value is -6.38. The van der Waals surface area contributed by atoms with Gasteiger partial charge < -0.3 is 9.47 Å². The summed E-state index contributed by atoms with van der Waals surface area (Å²) in [6.07, 6.45) is 5.87. The predicted octanol–water partition coefficient (Wildman–Crippen LogP) is 13.5. The van der Waals surface area contributed by atoms with E-state index in [1.165, 1.54) is 100 Å². The van der Waals surface area contributed by atoms with Gasteiger partial charge in [-0.3, -0.25) is 0 Å². The molecule has 3 aliphatic rings. The maximum absolute atomic E-state index is 2.59. The summed E-state index contributed by atoms with van der Waals surface area (Å²) in [5.74, 6) is 0. The molecular formula is C52H40N2. The molecule has 0 bridgehead atoms. The number of hydrogen-bond donors (Lipinski definition) is 0. The third-order valence-electron chi connectivity index (χ3n) is 12.3. The lowest BCUT2D eigenvalue weighted by Gasteiger charge is -2.31. The minimum Gasteiger partial charge on any atom is -0.333 e. The van der Waals surface area contributed by atoms with Crippen LogP contribution in [0.25, 0.3) is 60.9 Å². The maximum Gasteiger partial charge on any atom is 0.0633 e. The van der Waals surface area contributed by atoms with Crippen molar-refractivity contribution in [1.29, 1.82) is 0 Å². The average Bonchev–Trinajstić information content (AvgIpc) is 3.80. The van der Waals surface area contributed by atoms with Crippen LogP contribution in [0.1, 0.15) is 48.1 Å². The van der Waals surface area contributed by atoms with Crippen LogP contribution in [-0.2, 0) is 5.41 Å². The highest BCUT2D eigenvalue weighted by Crippen LogP contribution is 2.53. The molecule has 0 spiro atoms. The van der Waals surface area contributed by atoms with Gasteiger partial charge in [0.05, 0.1) is 17.1 Å². The highest BCUT2D eigenvalue weighted by Gasteiger charge is 2.39. The summed E-state index contributed by atoms with van der Waals surface area (Å²) in [5.41, 5.74) is 20.8. The van der Waals surface area contributed by atoms with Crippen molar-refractivity contribution in [1.82, 2.24) is 4.57 Å². The van der Waals surface area contributed by atoms with Crippen molar-refractivity contribution < 1.29 is 0 Å². The third kappa shape index (κ3) is 4.53. The van der Waals surface area contributed by atoms with Crippen molar-refractivity contribution in [2.45, 2.75) is 38.6 Å². The molecule has 0 saturated heterocycles. The van der Waals surface area contributed by atoms with Crippen LogP contribution in [-0.4, -0.2) is 10.6 Å². The van der Waals surface area contributed by atoms with E-state index in [0.717, 1.165) is 6.42 Å². The summed E-state index contributed by atoms with van der Waals surface area (Å²) in [7, 11) is 0. The SMILES string of the molecule is Cc1cccc(-c2ccc(-n3c4ccccc4c4cc(C5=CCC6C(=C5)c5ccccc5N6c5ccc6c(c5)C(C)(C)c5ccccc5-6)ccc43)cc2)c1. The first-order valence-corrected chi connectivity index (χ1v) is 19.2. The monoisotopic (exact) mass is 692 g/mol. The van der Waals surface area contributed by atoms with Gasteiger partial charge in [0.25, 0.3) is 0 Å². The first-order valence-electron chi connectivity index (χ1n) is 19.2. The van der Waals surface area contributed by atoms with Crippen LogP contribution in [0.5, 0.6) is 0 Å². The number of benzene rings is 7. The van der Waals surface area contributed by atoms with Crippen molar-refractivity contribution in [2.75, 3.05) is 4.90 Å². The lowest BCUT2D eigenvalue weighted by Crippen LogP contribution is -2.28. The van der Waals surface area contributed by atoms with E-state index in [1.807, 2.05) is 0 Å². The molecule has 258 valence electrons. The maximum atomic E-state index is 2.59. The summed E-state index contributed by atoms with van der Waals surface area (Å²) in [6.45, 7) is 6.90. The Balaban J connectivity index is 0.970. The number of nitrogens with zero attached hydrogens (tertiary/aromatic N) is 2. The zero-order chi connectivity index (χ0) is 36.1. The number of anilines is 2. The molecule has 2 heterocycles. The number of aryl methyl sites for hydroxylation is 1. The molecule has 0 radical (unpaired) electrons. The molecule has 2 heteroatoms. The highest BCUT2D eigenvalue weighted by molar-refractivity contribution is 6.11. The summed E-state index contributed by atoms with van der Waals surface area (Å²) in [5, 5.41) is 2.56. The number of hydrogen-bond acceptors (Lipinski definition) is 1. The smallest absolute Gasteiger partial charge is 0.0633 e. The van der Waals surface area contributed by atoms with Crippen molar-refractivity contribution in [2.24, 2.45) is 0 Å². The zero-order valence-electron chi connectivity index (χ0n) is 30.8. The molecule has 1 aromatic heterocycles. The summed E-state index contributed by atoms with van der Waals surface area (Å²) in [6, 6.07) is 59.0. The van der Waals surface area contributed by atoms with Crippen molar-refractivity contribution >= 4 is 44.3 Å². The van der Waals surface area contributed by atoms with Gasteiger partial charge >= 0.3 is 0 Å². The number of para-hydroxylation sites is 2.